The van der Waals surface area contributed by atoms with Gasteiger partial charge in [-0.05, 0) is 34.4 Å². The topological polar surface area (TPSA) is 137 Å². The van der Waals surface area contributed by atoms with Crippen LogP contribution >= 0.6 is 15.9 Å². The van der Waals surface area contributed by atoms with E-state index in [1.807, 2.05) is 31.2 Å². The molecule has 2 aromatic heterocycles. The van der Waals surface area contributed by atoms with Gasteiger partial charge in [-0.2, -0.15) is 9.78 Å². The van der Waals surface area contributed by atoms with E-state index in [2.05, 4.69) is 51.7 Å². The molecule has 10 nitrogen and oxygen atoms in total. The first-order valence-electron chi connectivity index (χ1n) is 7.72. The van der Waals surface area contributed by atoms with Gasteiger partial charge in [0.2, 0.25) is 11.6 Å². The van der Waals surface area contributed by atoms with Crippen molar-refractivity contribution in [2.24, 2.45) is 5.10 Å². The lowest BCUT2D eigenvalue weighted by Crippen LogP contribution is -2.20. The molecule has 0 bridgehead atoms. The molecule has 0 spiro atoms. The Morgan fingerprint density at radius 3 is 3.00 bits per heavy atom. The van der Waals surface area contributed by atoms with E-state index >= 15 is 0 Å². The van der Waals surface area contributed by atoms with Crippen molar-refractivity contribution < 1.29 is 9.42 Å². The van der Waals surface area contributed by atoms with Gasteiger partial charge in [0.05, 0.1) is 11.9 Å². The van der Waals surface area contributed by atoms with Crippen molar-refractivity contribution in [2.75, 3.05) is 5.73 Å². The Bertz CT molecular complexity index is 949. The van der Waals surface area contributed by atoms with Gasteiger partial charge in [0, 0.05) is 4.47 Å². The molecule has 1 aromatic carbocycles. The van der Waals surface area contributed by atoms with Crippen molar-refractivity contribution in [3.63, 3.8) is 0 Å². The maximum Gasteiger partial charge on any atom is 0.293 e. The van der Waals surface area contributed by atoms with Gasteiger partial charge in [0.25, 0.3) is 5.91 Å². The fourth-order valence-electron chi connectivity index (χ4n) is 2.25. The summed E-state index contributed by atoms with van der Waals surface area (Å²) in [6.45, 7) is 1.97. The first-order valence-corrected chi connectivity index (χ1v) is 8.51. The summed E-state index contributed by atoms with van der Waals surface area (Å²) in [5.74, 6) is -0.231. The number of hydrogen-bond acceptors (Lipinski definition) is 8. The number of nitrogen functional groups attached to an aromatic ring is 1. The van der Waals surface area contributed by atoms with E-state index in [0.29, 0.717) is 12.1 Å². The number of nitrogens with one attached hydrogen (secondary N) is 1. The second-order valence-electron chi connectivity index (χ2n) is 5.27. The van der Waals surface area contributed by atoms with Crippen LogP contribution in [0.2, 0.25) is 0 Å². The third-order valence-electron chi connectivity index (χ3n) is 3.39. The Morgan fingerprint density at radius 1 is 1.46 bits per heavy atom. The number of benzene rings is 1. The van der Waals surface area contributed by atoms with Gasteiger partial charge in [0.1, 0.15) is 0 Å². The third kappa shape index (κ3) is 3.77. The molecule has 0 unspecified atom stereocenters. The number of anilines is 1. The van der Waals surface area contributed by atoms with E-state index in [1.165, 1.54) is 10.9 Å². The van der Waals surface area contributed by atoms with Crippen molar-refractivity contribution in [3.8, 4) is 5.82 Å². The van der Waals surface area contributed by atoms with Crippen LogP contribution in [0.15, 0.2) is 38.5 Å². The average molecular weight is 419 g/mol. The van der Waals surface area contributed by atoms with Gasteiger partial charge in [-0.1, -0.05) is 46.6 Å². The summed E-state index contributed by atoms with van der Waals surface area (Å²) in [5, 5.41) is 19.0. The lowest BCUT2D eigenvalue weighted by Gasteiger charge is -2.03. The van der Waals surface area contributed by atoms with Gasteiger partial charge >= 0.3 is 0 Å². The van der Waals surface area contributed by atoms with Crippen LogP contribution in [-0.4, -0.2) is 37.4 Å². The lowest BCUT2D eigenvalue weighted by atomic mass is 10.2. The highest BCUT2D eigenvalue weighted by molar-refractivity contribution is 9.10. The summed E-state index contributed by atoms with van der Waals surface area (Å²) >= 11 is 3.37. The molecule has 3 N–H and O–H groups in total. The summed E-state index contributed by atoms with van der Waals surface area (Å²) in [4.78, 5) is 12.4. The van der Waals surface area contributed by atoms with E-state index in [9.17, 15) is 4.79 Å². The van der Waals surface area contributed by atoms with Crippen LogP contribution in [0.5, 0.6) is 0 Å². The van der Waals surface area contributed by atoms with Crippen LogP contribution in [0.3, 0.4) is 0 Å². The number of hydrazone groups is 1. The first kappa shape index (κ1) is 17.7. The van der Waals surface area contributed by atoms with Crippen LogP contribution in [0.4, 0.5) is 5.82 Å². The number of hydrogen-bond donors (Lipinski definition) is 2. The van der Waals surface area contributed by atoms with Crippen molar-refractivity contribution >= 4 is 33.9 Å². The monoisotopic (exact) mass is 418 g/mol. The van der Waals surface area contributed by atoms with Crippen LogP contribution in [0.1, 0.15) is 35.1 Å². The van der Waals surface area contributed by atoms with Crippen LogP contribution in [0.25, 0.3) is 5.82 Å². The van der Waals surface area contributed by atoms with Gasteiger partial charge < -0.3 is 5.73 Å². The molecular weight excluding hydrogens is 404 g/mol. The number of amides is 1. The summed E-state index contributed by atoms with van der Waals surface area (Å²) in [7, 11) is 0. The van der Waals surface area contributed by atoms with Crippen molar-refractivity contribution in [2.45, 2.75) is 19.8 Å². The molecule has 0 aliphatic heterocycles. The van der Waals surface area contributed by atoms with Gasteiger partial charge in [-0.25, -0.2) is 10.1 Å². The normalized spacial score (nSPS) is 11.2. The minimum atomic E-state index is -0.485. The molecule has 134 valence electrons. The third-order valence-corrected chi connectivity index (χ3v) is 3.88. The minimum Gasteiger partial charge on any atom is -0.378 e. The zero-order valence-electron chi connectivity index (χ0n) is 13.8. The van der Waals surface area contributed by atoms with Crippen LogP contribution < -0.4 is 11.2 Å². The molecule has 0 atom stereocenters. The molecule has 0 fully saturated rings. The zero-order chi connectivity index (χ0) is 18.5. The summed E-state index contributed by atoms with van der Waals surface area (Å²) in [6, 6.07) is 7.50. The van der Waals surface area contributed by atoms with E-state index in [0.717, 1.165) is 16.5 Å². The highest BCUT2D eigenvalue weighted by atomic mass is 79.9. The molecule has 0 aliphatic carbocycles. The first-order chi connectivity index (χ1) is 12.6. The fraction of sp³-hybridized carbons (Fsp3) is 0.200. The van der Waals surface area contributed by atoms with Crippen LogP contribution in [-0.2, 0) is 6.42 Å². The maximum absolute atomic E-state index is 12.4. The SMILES string of the molecule is CCCc1c(C(=O)NN=Cc2cccc(Br)c2)nnn1-c1nonc1N. The van der Waals surface area contributed by atoms with Crippen molar-refractivity contribution in [1.29, 1.82) is 0 Å². The number of nitrogens with two attached hydrogens (primary N) is 1. The molecule has 0 saturated heterocycles. The minimum absolute atomic E-state index is 0.0619. The van der Waals surface area contributed by atoms with E-state index in [-0.39, 0.29) is 17.3 Å². The number of halogens is 1. The Hall–Kier alpha value is -3.08. The molecule has 1 amide bonds. The van der Waals surface area contributed by atoms with Gasteiger partial charge in [-0.15, -0.1) is 5.10 Å². The predicted molar refractivity (Wildman–Crippen MR) is 96.8 cm³/mol. The molecule has 11 heteroatoms. The van der Waals surface area contributed by atoms with E-state index in [4.69, 9.17) is 5.73 Å². The summed E-state index contributed by atoms with van der Waals surface area (Å²) < 4.78 is 6.85. The highest BCUT2D eigenvalue weighted by Crippen LogP contribution is 2.17. The Labute approximate surface area is 156 Å². The molecule has 2 heterocycles. The standard InChI is InChI=1S/C15H15BrN8O2/c1-2-4-11-12(19-23-24(11)14-13(17)21-26-22-14)15(25)20-18-8-9-5-3-6-10(16)7-9/h3,5-8H,2,4H2,1H3,(H2,17,21)(H,20,25). The van der Waals surface area contributed by atoms with Crippen molar-refractivity contribution in [1.82, 2.24) is 30.7 Å². The fourth-order valence-corrected chi connectivity index (χ4v) is 2.67. The molecule has 0 aliphatic rings. The molecule has 0 saturated carbocycles. The van der Waals surface area contributed by atoms with E-state index < -0.39 is 5.91 Å². The Balaban J connectivity index is 1.81. The second-order valence-corrected chi connectivity index (χ2v) is 6.19. The van der Waals surface area contributed by atoms with Gasteiger partial charge in [-0.3, -0.25) is 4.79 Å². The maximum atomic E-state index is 12.4. The second kappa shape index (κ2) is 7.87. The quantitative estimate of drug-likeness (QED) is 0.458. The van der Waals surface area contributed by atoms with Crippen LogP contribution in [0, 0.1) is 0 Å². The number of carbonyl (C=O) groups is 1. The lowest BCUT2D eigenvalue weighted by molar-refractivity contribution is 0.0949. The average Bonchev–Trinajstić information content (AvgIpc) is 3.21. The van der Waals surface area contributed by atoms with Gasteiger partial charge in [0.15, 0.2) is 5.69 Å². The number of nitrogens with zero attached hydrogens (tertiary/aromatic N) is 6. The predicted octanol–water partition coefficient (Wildman–Crippen LogP) is 1.71. The smallest absolute Gasteiger partial charge is 0.293 e. The van der Waals surface area contributed by atoms with E-state index in [1.54, 1.807) is 0 Å². The molecule has 3 aromatic rings. The number of carbonyl (C=O) groups excluding carboxylic acids is 1. The Morgan fingerprint density at radius 2 is 2.31 bits per heavy atom. The van der Waals surface area contributed by atoms with Crippen molar-refractivity contribution in [3.05, 3.63) is 45.7 Å². The number of aromatic nitrogens is 5. The highest BCUT2D eigenvalue weighted by Gasteiger charge is 2.23. The summed E-state index contributed by atoms with van der Waals surface area (Å²) in [5.41, 5.74) is 9.66. The molecule has 3 rings (SSSR count). The molecule has 26 heavy (non-hydrogen) atoms. The molecular formula is C15H15BrN8O2. The number of rotatable bonds is 6. The zero-order valence-corrected chi connectivity index (χ0v) is 15.3. The summed E-state index contributed by atoms with van der Waals surface area (Å²) in [6.07, 6.45) is 2.84. The Kier molecular flexibility index (Phi) is 5.37. The molecule has 0 radical (unpaired) electrons. The largest absolute Gasteiger partial charge is 0.378 e.